The number of halogens is 1. The summed E-state index contributed by atoms with van der Waals surface area (Å²) < 4.78 is 0.998. The zero-order chi connectivity index (χ0) is 20.2. The molecule has 0 aliphatic carbocycles. The summed E-state index contributed by atoms with van der Waals surface area (Å²) >= 11 is 3.41. The number of anilines is 2. The molecule has 1 amide bonds. The fourth-order valence-corrected chi connectivity index (χ4v) is 3.91. The quantitative estimate of drug-likeness (QED) is 0.602. The maximum absolute atomic E-state index is 12.6. The minimum Gasteiger partial charge on any atom is -0.355 e. The number of nitrogens with zero attached hydrogens (tertiary/aromatic N) is 3. The second kappa shape index (κ2) is 8.74. The summed E-state index contributed by atoms with van der Waals surface area (Å²) in [5.41, 5.74) is 4.01. The van der Waals surface area contributed by atoms with Gasteiger partial charge in [0.15, 0.2) is 5.82 Å². The molecule has 3 aromatic rings. The highest BCUT2D eigenvalue weighted by Crippen LogP contribution is 2.25. The van der Waals surface area contributed by atoms with Gasteiger partial charge in [0, 0.05) is 34.7 Å². The van der Waals surface area contributed by atoms with Crippen molar-refractivity contribution in [3.63, 3.8) is 0 Å². The molecule has 2 heterocycles. The molecule has 2 aromatic carbocycles. The molecule has 0 spiro atoms. The highest BCUT2D eigenvalue weighted by Gasteiger charge is 2.26. The Morgan fingerprint density at radius 1 is 1.00 bits per heavy atom. The van der Waals surface area contributed by atoms with E-state index in [4.69, 9.17) is 0 Å². The smallest absolute Gasteiger partial charge is 0.227 e. The van der Waals surface area contributed by atoms with E-state index in [1.54, 1.807) is 0 Å². The number of benzene rings is 2. The first-order valence-electron chi connectivity index (χ1n) is 9.81. The Morgan fingerprint density at radius 2 is 1.72 bits per heavy atom. The molecule has 5 nitrogen and oxygen atoms in total. The molecule has 1 aliphatic rings. The molecule has 1 N–H and O–H groups in total. The van der Waals surface area contributed by atoms with E-state index >= 15 is 0 Å². The highest BCUT2D eigenvalue weighted by molar-refractivity contribution is 9.10. The summed E-state index contributed by atoms with van der Waals surface area (Å²) in [7, 11) is 0. The Labute approximate surface area is 179 Å². The zero-order valence-corrected chi connectivity index (χ0v) is 17.9. The third-order valence-electron chi connectivity index (χ3n) is 5.37. The van der Waals surface area contributed by atoms with E-state index in [1.165, 1.54) is 5.56 Å². The fraction of sp³-hybridized carbons (Fsp3) is 0.261. The van der Waals surface area contributed by atoms with Crippen LogP contribution >= 0.6 is 15.9 Å². The van der Waals surface area contributed by atoms with Gasteiger partial charge in [-0.05, 0) is 61.7 Å². The number of hydrogen-bond donors (Lipinski definition) is 1. The Bertz CT molecular complexity index is 981. The van der Waals surface area contributed by atoms with Gasteiger partial charge in [-0.25, -0.2) is 0 Å². The lowest BCUT2D eigenvalue weighted by Crippen LogP contribution is -2.38. The minimum absolute atomic E-state index is 0.0223. The average molecular weight is 451 g/mol. The van der Waals surface area contributed by atoms with Crippen LogP contribution in [0.15, 0.2) is 65.1 Å². The highest BCUT2D eigenvalue weighted by atomic mass is 79.9. The van der Waals surface area contributed by atoms with Crippen molar-refractivity contribution in [2.24, 2.45) is 5.92 Å². The van der Waals surface area contributed by atoms with Crippen LogP contribution in [0.25, 0.3) is 11.3 Å². The van der Waals surface area contributed by atoms with E-state index < -0.39 is 0 Å². The number of piperidine rings is 1. The van der Waals surface area contributed by atoms with E-state index in [-0.39, 0.29) is 11.8 Å². The number of nitrogens with one attached hydrogen (secondary N) is 1. The maximum Gasteiger partial charge on any atom is 0.227 e. The van der Waals surface area contributed by atoms with Gasteiger partial charge in [-0.15, -0.1) is 10.2 Å². The summed E-state index contributed by atoms with van der Waals surface area (Å²) in [6.45, 7) is 3.68. The van der Waals surface area contributed by atoms with Crippen LogP contribution in [0.5, 0.6) is 0 Å². The predicted molar refractivity (Wildman–Crippen MR) is 120 cm³/mol. The molecule has 0 bridgehead atoms. The number of carbonyl (C=O) groups excluding carboxylic acids is 1. The van der Waals surface area contributed by atoms with Crippen LogP contribution in [0.2, 0.25) is 0 Å². The third-order valence-corrected chi connectivity index (χ3v) is 5.90. The van der Waals surface area contributed by atoms with Gasteiger partial charge in [-0.3, -0.25) is 4.79 Å². The van der Waals surface area contributed by atoms with E-state index in [0.717, 1.165) is 53.2 Å². The van der Waals surface area contributed by atoms with Crippen molar-refractivity contribution in [3.05, 3.63) is 70.7 Å². The number of carbonyl (C=O) groups is 1. The van der Waals surface area contributed by atoms with Crippen molar-refractivity contribution in [3.8, 4) is 11.3 Å². The molecule has 0 saturated carbocycles. The number of amides is 1. The molecular formula is C23H23BrN4O. The molecule has 4 rings (SSSR count). The molecular weight excluding hydrogens is 428 g/mol. The molecule has 1 fully saturated rings. The molecule has 1 aliphatic heterocycles. The van der Waals surface area contributed by atoms with Crippen molar-refractivity contribution < 1.29 is 4.79 Å². The Morgan fingerprint density at radius 3 is 2.38 bits per heavy atom. The monoisotopic (exact) mass is 450 g/mol. The van der Waals surface area contributed by atoms with Gasteiger partial charge in [-0.1, -0.05) is 40.2 Å². The average Bonchev–Trinajstić information content (AvgIpc) is 2.76. The summed E-state index contributed by atoms with van der Waals surface area (Å²) in [4.78, 5) is 14.8. The maximum atomic E-state index is 12.6. The third kappa shape index (κ3) is 4.65. The van der Waals surface area contributed by atoms with Crippen LogP contribution in [0.3, 0.4) is 0 Å². The second-order valence-electron chi connectivity index (χ2n) is 7.35. The van der Waals surface area contributed by atoms with Gasteiger partial charge in [0.25, 0.3) is 0 Å². The molecule has 1 saturated heterocycles. The largest absolute Gasteiger partial charge is 0.355 e. The van der Waals surface area contributed by atoms with Crippen molar-refractivity contribution in [2.45, 2.75) is 19.8 Å². The van der Waals surface area contributed by atoms with Crippen LogP contribution in [0, 0.1) is 12.8 Å². The molecule has 148 valence electrons. The van der Waals surface area contributed by atoms with Crippen molar-refractivity contribution in [1.29, 1.82) is 0 Å². The van der Waals surface area contributed by atoms with Gasteiger partial charge in [0.2, 0.25) is 5.91 Å². The number of rotatable bonds is 4. The van der Waals surface area contributed by atoms with Crippen LogP contribution in [0.1, 0.15) is 18.4 Å². The standard InChI is InChI=1S/C23H23BrN4O/c1-16-4-2-3-5-20(16)21-10-11-22(27-26-21)28-14-12-17(13-15-28)23(29)25-19-8-6-18(24)7-9-19/h2-11,17H,12-15H2,1H3,(H,25,29). The van der Waals surface area contributed by atoms with Crippen molar-refractivity contribution in [2.75, 3.05) is 23.3 Å². The van der Waals surface area contributed by atoms with E-state index in [0.29, 0.717) is 0 Å². The Balaban J connectivity index is 1.35. The van der Waals surface area contributed by atoms with Gasteiger partial charge >= 0.3 is 0 Å². The molecule has 29 heavy (non-hydrogen) atoms. The number of aromatic nitrogens is 2. The molecule has 6 heteroatoms. The minimum atomic E-state index is 0.0223. The summed E-state index contributed by atoms with van der Waals surface area (Å²) in [5, 5.41) is 11.9. The topological polar surface area (TPSA) is 58.1 Å². The summed E-state index contributed by atoms with van der Waals surface area (Å²) in [5.74, 6) is 0.983. The second-order valence-corrected chi connectivity index (χ2v) is 8.26. The lowest BCUT2D eigenvalue weighted by Gasteiger charge is -2.31. The fourth-order valence-electron chi connectivity index (χ4n) is 3.65. The number of hydrogen-bond acceptors (Lipinski definition) is 4. The normalized spacial score (nSPS) is 14.6. The van der Waals surface area contributed by atoms with Gasteiger partial charge in [0.1, 0.15) is 0 Å². The lowest BCUT2D eigenvalue weighted by atomic mass is 9.95. The van der Waals surface area contributed by atoms with Crippen molar-refractivity contribution in [1.82, 2.24) is 10.2 Å². The van der Waals surface area contributed by atoms with E-state index in [9.17, 15) is 4.79 Å². The zero-order valence-electron chi connectivity index (χ0n) is 16.3. The lowest BCUT2D eigenvalue weighted by molar-refractivity contribution is -0.120. The Kier molecular flexibility index (Phi) is 5.90. The molecule has 0 unspecified atom stereocenters. The Hall–Kier alpha value is -2.73. The molecule has 0 atom stereocenters. The summed E-state index contributed by atoms with van der Waals surface area (Å²) in [6.07, 6.45) is 1.62. The first kappa shape index (κ1) is 19.6. The van der Waals surface area contributed by atoms with Crippen LogP contribution in [-0.4, -0.2) is 29.2 Å². The van der Waals surface area contributed by atoms with Crippen LogP contribution in [0.4, 0.5) is 11.5 Å². The molecule has 1 aromatic heterocycles. The van der Waals surface area contributed by atoms with Gasteiger partial charge < -0.3 is 10.2 Å². The van der Waals surface area contributed by atoms with Gasteiger partial charge in [-0.2, -0.15) is 0 Å². The predicted octanol–water partition coefficient (Wildman–Crippen LogP) is 5.07. The first-order chi connectivity index (χ1) is 14.1. The van der Waals surface area contributed by atoms with E-state index in [2.05, 4.69) is 55.4 Å². The summed E-state index contributed by atoms with van der Waals surface area (Å²) in [6, 6.07) is 19.9. The van der Waals surface area contributed by atoms with Crippen LogP contribution < -0.4 is 10.2 Å². The van der Waals surface area contributed by atoms with Crippen molar-refractivity contribution >= 4 is 33.3 Å². The first-order valence-corrected chi connectivity index (χ1v) is 10.6. The SMILES string of the molecule is Cc1ccccc1-c1ccc(N2CCC(C(=O)Nc3ccc(Br)cc3)CC2)nn1. The molecule has 0 radical (unpaired) electrons. The van der Waals surface area contributed by atoms with E-state index in [1.807, 2.05) is 48.5 Å². The number of aryl methyl sites for hydroxylation is 1. The van der Waals surface area contributed by atoms with Gasteiger partial charge in [0.05, 0.1) is 5.69 Å². The van der Waals surface area contributed by atoms with Crippen LogP contribution in [-0.2, 0) is 4.79 Å².